The third kappa shape index (κ3) is 3.39. The van der Waals surface area contributed by atoms with Crippen molar-refractivity contribution in [3.8, 4) is 0 Å². The van der Waals surface area contributed by atoms with E-state index in [1.165, 1.54) is 0 Å². The number of nitrogens with zero attached hydrogens (tertiary/aromatic N) is 2. The molecule has 27 heavy (non-hydrogen) atoms. The van der Waals surface area contributed by atoms with E-state index in [4.69, 9.17) is 0 Å². The van der Waals surface area contributed by atoms with Gasteiger partial charge in [-0.05, 0) is 23.3 Å². The van der Waals surface area contributed by atoms with E-state index in [1.54, 1.807) is 9.80 Å². The Morgan fingerprint density at radius 3 is 2.48 bits per heavy atom. The van der Waals surface area contributed by atoms with Gasteiger partial charge in [-0.1, -0.05) is 58.4 Å². The molecule has 4 rings (SSSR count). The van der Waals surface area contributed by atoms with Gasteiger partial charge < -0.3 is 14.9 Å². The number of amides is 2. The van der Waals surface area contributed by atoms with Gasteiger partial charge in [0.05, 0.1) is 31.7 Å². The number of aliphatic hydroxyl groups is 1. The van der Waals surface area contributed by atoms with Crippen molar-refractivity contribution in [1.29, 1.82) is 0 Å². The molecule has 0 spiro atoms. The molecule has 0 saturated carbocycles. The first-order valence-electron chi connectivity index (χ1n) is 9.07. The van der Waals surface area contributed by atoms with Crippen molar-refractivity contribution in [3.63, 3.8) is 0 Å². The van der Waals surface area contributed by atoms with Crippen molar-refractivity contribution in [1.82, 2.24) is 9.80 Å². The standard InChI is InChI=1S/C21H21BrN2O3/c22-16-8-6-15(7-9-16)21-17-11-23(12-20(27)24(17)18(21)13-25)19(26)10-14-4-2-1-3-5-14/h1-9,17-18,21,25H,10-13H2/t17-,18-,21+/m0/s1. The molecule has 5 nitrogen and oxygen atoms in total. The van der Waals surface area contributed by atoms with Gasteiger partial charge in [-0.25, -0.2) is 0 Å². The minimum atomic E-state index is -0.213. The van der Waals surface area contributed by atoms with E-state index >= 15 is 0 Å². The minimum Gasteiger partial charge on any atom is -0.394 e. The Morgan fingerprint density at radius 1 is 1.11 bits per heavy atom. The van der Waals surface area contributed by atoms with Gasteiger partial charge in [0.15, 0.2) is 0 Å². The summed E-state index contributed by atoms with van der Waals surface area (Å²) in [4.78, 5) is 28.8. The van der Waals surface area contributed by atoms with E-state index in [9.17, 15) is 14.7 Å². The molecule has 140 valence electrons. The number of carbonyl (C=O) groups is 2. The van der Waals surface area contributed by atoms with Gasteiger partial charge in [-0.2, -0.15) is 0 Å². The lowest BCUT2D eigenvalue weighted by Gasteiger charge is -2.58. The van der Waals surface area contributed by atoms with Crippen molar-refractivity contribution in [3.05, 3.63) is 70.2 Å². The Balaban J connectivity index is 1.52. The van der Waals surface area contributed by atoms with Crippen LogP contribution in [0.15, 0.2) is 59.1 Å². The van der Waals surface area contributed by atoms with Crippen molar-refractivity contribution in [2.45, 2.75) is 24.4 Å². The van der Waals surface area contributed by atoms with E-state index in [1.807, 2.05) is 54.6 Å². The number of rotatable bonds is 4. The molecule has 0 unspecified atom stereocenters. The average molecular weight is 429 g/mol. The monoisotopic (exact) mass is 428 g/mol. The number of piperazine rings is 1. The van der Waals surface area contributed by atoms with E-state index < -0.39 is 0 Å². The Morgan fingerprint density at radius 2 is 1.81 bits per heavy atom. The summed E-state index contributed by atoms with van der Waals surface area (Å²) in [5.41, 5.74) is 2.03. The maximum atomic E-state index is 12.7. The second kappa shape index (κ2) is 7.44. The number of hydrogen-bond acceptors (Lipinski definition) is 3. The normalized spacial score (nSPS) is 24.4. The predicted octanol–water partition coefficient (Wildman–Crippen LogP) is 2.19. The summed E-state index contributed by atoms with van der Waals surface area (Å²) in [6.45, 7) is 0.529. The molecule has 6 heteroatoms. The van der Waals surface area contributed by atoms with Crippen molar-refractivity contribution in [2.75, 3.05) is 19.7 Å². The third-order valence-corrected chi connectivity index (χ3v) is 6.09. The zero-order chi connectivity index (χ0) is 19.0. The topological polar surface area (TPSA) is 60.9 Å². The van der Waals surface area contributed by atoms with Crippen LogP contribution in [0.3, 0.4) is 0 Å². The Bertz CT molecular complexity index is 840. The quantitative estimate of drug-likeness (QED) is 0.811. The van der Waals surface area contributed by atoms with E-state index in [0.717, 1.165) is 15.6 Å². The van der Waals surface area contributed by atoms with E-state index in [2.05, 4.69) is 15.9 Å². The summed E-state index contributed by atoms with van der Waals surface area (Å²) in [7, 11) is 0. The van der Waals surface area contributed by atoms with Crippen LogP contribution in [0.5, 0.6) is 0 Å². The summed E-state index contributed by atoms with van der Waals surface area (Å²) < 4.78 is 0.988. The largest absolute Gasteiger partial charge is 0.394 e. The summed E-state index contributed by atoms with van der Waals surface area (Å²) in [5, 5.41) is 9.82. The van der Waals surface area contributed by atoms with Gasteiger partial charge >= 0.3 is 0 Å². The molecule has 0 radical (unpaired) electrons. The van der Waals surface area contributed by atoms with Crippen LogP contribution in [0.4, 0.5) is 0 Å². The van der Waals surface area contributed by atoms with Crippen LogP contribution < -0.4 is 0 Å². The zero-order valence-corrected chi connectivity index (χ0v) is 16.4. The SMILES string of the molecule is O=C(Cc1ccccc1)N1CC(=O)N2[C@@H](CO)[C@H](c3ccc(Br)cc3)[C@@H]2C1. The Hall–Kier alpha value is -2.18. The van der Waals surface area contributed by atoms with Crippen LogP contribution in [0, 0.1) is 0 Å². The summed E-state index contributed by atoms with van der Waals surface area (Å²) in [5.74, 6) is -0.0735. The van der Waals surface area contributed by atoms with Crippen molar-refractivity contribution in [2.24, 2.45) is 0 Å². The second-order valence-electron chi connectivity index (χ2n) is 7.13. The average Bonchev–Trinajstić information content (AvgIpc) is 2.65. The smallest absolute Gasteiger partial charge is 0.242 e. The third-order valence-electron chi connectivity index (χ3n) is 5.56. The predicted molar refractivity (Wildman–Crippen MR) is 105 cm³/mol. The van der Waals surface area contributed by atoms with Crippen LogP contribution in [-0.2, 0) is 16.0 Å². The molecular formula is C21H21BrN2O3. The molecule has 1 N–H and O–H groups in total. The summed E-state index contributed by atoms with van der Waals surface area (Å²) in [6, 6.07) is 17.3. The van der Waals surface area contributed by atoms with E-state index in [0.29, 0.717) is 13.0 Å². The van der Waals surface area contributed by atoms with Crippen LogP contribution in [-0.4, -0.2) is 58.5 Å². The molecule has 2 aliphatic rings. The summed E-state index contributed by atoms with van der Waals surface area (Å²) in [6.07, 6.45) is 0.299. The van der Waals surface area contributed by atoms with Crippen LogP contribution >= 0.6 is 15.9 Å². The molecule has 2 amide bonds. The first-order valence-corrected chi connectivity index (χ1v) is 9.87. The number of fused-ring (bicyclic) bond motifs is 1. The summed E-state index contributed by atoms with van der Waals surface area (Å²) >= 11 is 3.44. The maximum Gasteiger partial charge on any atom is 0.242 e. The van der Waals surface area contributed by atoms with Gasteiger partial charge in [0.25, 0.3) is 0 Å². The molecular weight excluding hydrogens is 408 g/mol. The minimum absolute atomic E-state index is 0.0313. The van der Waals surface area contributed by atoms with Gasteiger partial charge in [0.2, 0.25) is 11.8 Å². The lowest BCUT2D eigenvalue weighted by molar-refractivity contribution is -0.166. The highest BCUT2D eigenvalue weighted by atomic mass is 79.9. The lowest BCUT2D eigenvalue weighted by atomic mass is 9.73. The molecule has 0 aliphatic carbocycles. The van der Waals surface area contributed by atoms with Crippen LogP contribution in [0.1, 0.15) is 17.0 Å². The number of hydrogen-bond donors (Lipinski definition) is 1. The van der Waals surface area contributed by atoms with E-state index in [-0.39, 0.29) is 43.0 Å². The molecule has 0 aromatic heterocycles. The molecule has 2 heterocycles. The van der Waals surface area contributed by atoms with Gasteiger partial charge in [0, 0.05) is 16.9 Å². The van der Waals surface area contributed by atoms with Gasteiger partial charge in [0.1, 0.15) is 0 Å². The fourth-order valence-corrected chi connectivity index (χ4v) is 4.52. The fourth-order valence-electron chi connectivity index (χ4n) is 4.26. The molecule has 2 aromatic rings. The molecule has 2 aliphatic heterocycles. The first kappa shape index (κ1) is 18.2. The highest BCUT2D eigenvalue weighted by Crippen LogP contribution is 2.43. The Labute approximate surface area is 166 Å². The second-order valence-corrected chi connectivity index (χ2v) is 8.05. The number of carbonyl (C=O) groups excluding carboxylic acids is 2. The lowest BCUT2D eigenvalue weighted by Crippen LogP contribution is -2.73. The van der Waals surface area contributed by atoms with Gasteiger partial charge in [-0.15, -0.1) is 0 Å². The van der Waals surface area contributed by atoms with Crippen LogP contribution in [0.25, 0.3) is 0 Å². The number of halogens is 1. The van der Waals surface area contributed by atoms with Crippen molar-refractivity contribution < 1.29 is 14.7 Å². The molecule has 2 saturated heterocycles. The van der Waals surface area contributed by atoms with Crippen molar-refractivity contribution >= 4 is 27.7 Å². The zero-order valence-electron chi connectivity index (χ0n) is 14.8. The number of benzene rings is 2. The number of aliphatic hydroxyl groups excluding tert-OH is 1. The van der Waals surface area contributed by atoms with Crippen LogP contribution in [0.2, 0.25) is 0 Å². The molecule has 3 atom stereocenters. The van der Waals surface area contributed by atoms with Gasteiger partial charge in [-0.3, -0.25) is 9.59 Å². The highest BCUT2D eigenvalue weighted by Gasteiger charge is 2.54. The molecule has 2 aromatic carbocycles. The first-order chi connectivity index (χ1) is 13.1. The maximum absolute atomic E-state index is 12.7. The Kier molecular flexibility index (Phi) is 5.02. The molecule has 0 bridgehead atoms. The fraction of sp³-hybridized carbons (Fsp3) is 0.333. The molecule has 2 fully saturated rings. The highest BCUT2D eigenvalue weighted by molar-refractivity contribution is 9.10.